The van der Waals surface area contributed by atoms with Crippen molar-refractivity contribution in [1.29, 1.82) is 0 Å². The van der Waals surface area contributed by atoms with Crippen molar-refractivity contribution in [2.75, 3.05) is 16.8 Å². The van der Waals surface area contributed by atoms with Crippen molar-refractivity contribution in [3.05, 3.63) is 59.2 Å². The molecular formula is C19H19F3N2O2. The lowest BCUT2D eigenvalue weighted by Gasteiger charge is -2.23. The van der Waals surface area contributed by atoms with E-state index in [1.165, 1.54) is 24.0 Å². The highest BCUT2D eigenvalue weighted by Crippen LogP contribution is 2.30. The Labute approximate surface area is 149 Å². The van der Waals surface area contributed by atoms with E-state index in [1.807, 2.05) is 26.0 Å². The van der Waals surface area contributed by atoms with E-state index in [0.717, 1.165) is 23.3 Å². The predicted octanol–water partition coefficient (Wildman–Crippen LogP) is 4.31. The first-order chi connectivity index (χ1) is 12.1. The van der Waals surface area contributed by atoms with Crippen LogP contribution in [0.25, 0.3) is 0 Å². The molecule has 0 saturated heterocycles. The van der Waals surface area contributed by atoms with Crippen LogP contribution in [0.5, 0.6) is 0 Å². The smallest absolute Gasteiger partial charge is 0.325 e. The van der Waals surface area contributed by atoms with E-state index in [4.69, 9.17) is 0 Å². The van der Waals surface area contributed by atoms with Gasteiger partial charge in [-0.2, -0.15) is 13.2 Å². The number of anilines is 2. The van der Waals surface area contributed by atoms with Crippen LogP contribution in [0, 0.1) is 13.8 Å². The molecule has 138 valence electrons. The second kappa shape index (κ2) is 7.59. The average Bonchev–Trinajstić information content (AvgIpc) is 2.52. The van der Waals surface area contributed by atoms with Crippen molar-refractivity contribution in [2.24, 2.45) is 0 Å². The van der Waals surface area contributed by atoms with Gasteiger partial charge in [0.1, 0.15) is 6.54 Å². The summed E-state index contributed by atoms with van der Waals surface area (Å²) in [5, 5.41) is 2.41. The van der Waals surface area contributed by atoms with Crippen molar-refractivity contribution >= 4 is 23.2 Å². The fourth-order valence-corrected chi connectivity index (χ4v) is 2.59. The molecule has 26 heavy (non-hydrogen) atoms. The summed E-state index contributed by atoms with van der Waals surface area (Å²) in [6.45, 7) is 4.77. The topological polar surface area (TPSA) is 49.4 Å². The number of hydrogen-bond acceptors (Lipinski definition) is 2. The van der Waals surface area contributed by atoms with E-state index in [9.17, 15) is 22.8 Å². The monoisotopic (exact) mass is 364 g/mol. The van der Waals surface area contributed by atoms with E-state index in [2.05, 4.69) is 5.32 Å². The van der Waals surface area contributed by atoms with Crippen LogP contribution < -0.4 is 10.2 Å². The summed E-state index contributed by atoms with van der Waals surface area (Å²) in [6.07, 6.45) is -4.49. The maximum atomic E-state index is 12.8. The van der Waals surface area contributed by atoms with Gasteiger partial charge in [-0.15, -0.1) is 0 Å². The molecule has 0 aliphatic heterocycles. The van der Waals surface area contributed by atoms with E-state index < -0.39 is 17.6 Å². The number of benzene rings is 2. The first kappa shape index (κ1) is 19.5. The number of hydrogen-bond donors (Lipinski definition) is 1. The van der Waals surface area contributed by atoms with E-state index in [-0.39, 0.29) is 18.1 Å². The Morgan fingerprint density at radius 1 is 1.08 bits per heavy atom. The molecule has 2 aromatic rings. The van der Waals surface area contributed by atoms with Crippen molar-refractivity contribution in [2.45, 2.75) is 26.9 Å². The van der Waals surface area contributed by atoms with Gasteiger partial charge in [0, 0.05) is 18.3 Å². The molecule has 0 unspecified atom stereocenters. The summed E-state index contributed by atoms with van der Waals surface area (Å²) in [6, 6.07) is 9.80. The lowest BCUT2D eigenvalue weighted by atomic mass is 10.1. The molecule has 0 atom stereocenters. The zero-order valence-electron chi connectivity index (χ0n) is 14.6. The highest BCUT2D eigenvalue weighted by molar-refractivity contribution is 6.02. The van der Waals surface area contributed by atoms with Crippen LogP contribution in [0.1, 0.15) is 23.6 Å². The molecule has 2 amide bonds. The van der Waals surface area contributed by atoms with Gasteiger partial charge in [0.05, 0.1) is 5.56 Å². The van der Waals surface area contributed by atoms with Crippen LogP contribution in [0.15, 0.2) is 42.5 Å². The Hall–Kier alpha value is -2.83. The molecule has 2 aromatic carbocycles. The van der Waals surface area contributed by atoms with Crippen LogP contribution >= 0.6 is 0 Å². The van der Waals surface area contributed by atoms with Crippen LogP contribution in [0.3, 0.4) is 0 Å². The number of amides is 2. The molecule has 4 nitrogen and oxygen atoms in total. The Kier molecular flexibility index (Phi) is 5.69. The van der Waals surface area contributed by atoms with Crippen LogP contribution in [-0.4, -0.2) is 18.4 Å². The lowest BCUT2D eigenvalue weighted by Crippen LogP contribution is -2.37. The first-order valence-electron chi connectivity index (χ1n) is 7.90. The third-order valence-electron chi connectivity index (χ3n) is 3.80. The zero-order chi connectivity index (χ0) is 19.5. The maximum Gasteiger partial charge on any atom is 0.416 e. The van der Waals surface area contributed by atoms with E-state index in [0.29, 0.717) is 5.69 Å². The van der Waals surface area contributed by atoms with Gasteiger partial charge in [-0.25, -0.2) is 0 Å². The largest absolute Gasteiger partial charge is 0.416 e. The molecule has 7 heteroatoms. The number of nitrogens with one attached hydrogen (secondary N) is 1. The minimum Gasteiger partial charge on any atom is -0.325 e. The Balaban J connectivity index is 2.17. The van der Waals surface area contributed by atoms with Crippen molar-refractivity contribution in [3.63, 3.8) is 0 Å². The summed E-state index contributed by atoms with van der Waals surface area (Å²) in [4.78, 5) is 25.5. The third-order valence-corrected chi connectivity index (χ3v) is 3.80. The fourth-order valence-electron chi connectivity index (χ4n) is 2.59. The SMILES string of the molecule is CC(=O)N(CC(=O)Nc1cccc(C(F)(F)F)c1)c1ccc(C)cc1C. The molecule has 0 heterocycles. The third kappa shape index (κ3) is 4.84. The normalized spacial score (nSPS) is 11.2. The van der Waals surface area contributed by atoms with Crippen molar-refractivity contribution < 1.29 is 22.8 Å². The number of nitrogens with zero attached hydrogens (tertiary/aromatic N) is 1. The Morgan fingerprint density at radius 3 is 2.35 bits per heavy atom. The predicted molar refractivity (Wildman–Crippen MR) is 94.0 cm³/mol. The first-order valence-corrected chi connectivity index (χ1v) is 7.90. The summed E-state index contributed by atoms with van der Waals surface area (Å²) < 4.78 is 38.3. The van der Waals surface area contributed by atoms with Gasteiger partial charge in [0.2, 0.25) is 11.8 Å². The molecule has 0 aliphatic carbocycles. The Morgan fingerprint density at radius 2 is 1.77 bits per heavy atom. The Bertz CT molecular complexity index is 832. The van der Waals surface area contributed by atoms with Gasteiger partial charge in [-0.05, 0) is 43.7 Å². The summed E-state index contributed by atoms with van der Waals surface area (Å²) in [5.41, 5.74) is 1.60. The van der Waals surface area contributed by atoms with Crippen LogP contribution in [-0.2, 0) is 15.8 Å². The highest BCUT2D eigenvalue weighted by Gasteiger charge is 2.30. The standard InChI is InChI=1S/C19H19F3N2O2/c1-12-7-8-17(13(2)9-12)24(14(3)25)11-18(26)23-16-6-4-5-15(10-16)19(20,21)22/h4-10H,11H2,1-3H3,(H,23,26). The summed E-state index contributed by atoms with van der Waals surface area (Å²) >= 11 is 0. The van der Waals surface area contributed by atoms with Gasteiger partial charge in [0.25, 0.3) is 0 Å². The molecule has 0 saturated carbocycles. The fraction of sp³-hybridized carbons (Fsp3) is 0.263. The molecule has 0 bridgehead atoms. The number of carbonyl (C=O) groups excluding carboxylic acids is 2. The van der Waals surface area contributed by atoms with Gasteiger partial charge >= 0.3 is 6.18 Å². The van der Waals surface area contributed by atoms with Gasteiger partial charge in [-0.1, -0.05) is 23.8 Å². The van der Waals surface area contributed by atoms with Crippen LogP contribution in [0.4, 0.5) is 24.5 Å². The van der Waals surface area contributed by atoms with Gasteiger partial charge in [-0.3, -0.25) is 9.59 Å². The zero-order valence-corrected chi connectivity index (χ0v) is 14.6. The maximum absolute atomic E-state index is 12.8. The van der Waals surface area contributed by atoms with Gasteiger partial charge < -0.3 is 10.2 Å². The number of carbonyl (C=O) groups is 2. The molecular weight excluding hydrogens is 345 g/mol. The van der Waals surface area contributed by atoms with Crippen LogP contribution in [0.2, 0.25) is 0 Å². The highest BCUT2D eigenvalue weighted by atomic mass is 19.4. The van der Waals surface area contributed by atoms with Crippen molar-refractivity contribution in [1.82, 2.24) is 0 Å². The second-order valence-corrected chi connectivity index (χ2v) is 6.02. The average molecular weight is 364 g/mol. The van der Waals surface area contributed by atoms with E-state index >= 15 is 0 Å². The molecule has 1 N–H and O–H groups in total. The quantitative estimate of drug-likeness (QED) is 0.879. The molecule has 0 spiro atoms. The number of alkyl halides is 3. The second-order valence-electron chi connectivity index (χ2n) is 6.02. The molecule has 0 fully saturated rings. The molecule has 0 radical (unpaired) electrons. The number of halogens is 3. The minimum absolute atomic E-state index is 0.0222. The molecule has 0 aliphatic rings. The number of rotatable bonds is 4. The molecule has 2 rings (SSSR count). The lowest BCUT2D eigenvalue weighted by molar-refractivity contribution is -0.137. The van der Waals surface area contributed by atoms with Gasteiger partial charge in [0.15, 0.2) is 0 Å². The molecule has 0 aromatic heterocycles. The number of aryl methyl sites for hydroxylation is 2. The van der Waals surface area contributed by atoms with E-state index in [1.54, 1.807) is 6.07 Å². The summed E-state index contributed by atoms with van der Waals surface area (Å²) in [7, 11) is 0. The van der Waals surface area contributed by atoms with Crippen molar-refractivity contribution in [3.8, 4) is 0 Å². The summed E-state index contributed by atoms with van der Waals surface area (Å²) in [5.74, 6) is -0.921. The minimum atomic E-state index is -4.49.